The Labute approximate surface area is 128 Å². The average Bonchev–Trinajstić information content (AvgIpc) is 2.81. The fraction of sp³-hybridized carbons (Fsp3) is 0. The zero-order valence-electron chi connectivity index (χ0n) is 10.7. The van der Waals surface area contributed by atoms with E-state index < -0.39 is 11.6 Å². The zero-order valence-corrected chi connectivity index (χ0v) is 12.3. The highest BCUT2D eigenvalue weighted by Gasteiger charge is 2.15. The molecule has 3 aromatic rings. The summed E-state index contributed by atoms with van der Waals surface area (Å²) in [6.07, 6.45) is 1.60. The number of benzene rings is 2. The topological polar surface area (TPSA) is 43.8 Å². The van der Waals surface area contributed by atoms with Gasteiger partial charge < -0.3 is 5.73 Å². The number of para-hydroxylation sites is 1. The van der Waals surface area contributed by atoms with E-state index in [2.05, 4.69) is 21.0 Å². The Morgan fingerprint density at radius 2 is 1.86 bits per heavy atom. The van der Waals surface area contributed by atoms with E-state index in [9.17, 15) is 8.78 Å². The minimum atomic E-state index is -0.695. The van der Waals surface area contributed by atoms with E-state index in [0.29, 0.717) is 5.69 Å². The molecular formula is C15H10BrF2N3. The number of rotatable bonds is 2. The summed E-state index contributed by atoms with van der Waals surface area (Å²) in [6.45, 7) is 0. The molecule has 0 fully saturated rings. The fourth-order valence-electron chi connectivity index (χ4n) is 2.04. The minimum Gasteiger partial charge on any atom is -0.396 e. The summed E-state index contributed by atoms with van der Waals surface area (Å²) in [5.74, 6) is -1.33. The van der Waals surface area contributed by atoms with Crippen molar-refractivity contribution in [3.8, 4) is 16.9 Å². The molecule has 6 heteroatoms. The van der Waals surface area contributed by atoms with Gasteiger partial charge in [-0.3, -0.25) is 0 Å². The molecule has 0 saturated heterocycles. The van der Waals surface area contributed by atoms with Gasteiger partial charge >= 0.3 is 0 Å². The lowest BCUT2D eigenvalue weighted by molar-refractivity contribution is 0.585. The van der Waals surface area contributed by atoms with Gasteiger partial charge in [-0.15, -0.1) is 0 Å². The van der Waals surface area contributed by atoms with Crippen LogP contribution in [0.5, 0.6) is 0 Å². The fourth-order valence-corrected chi connectivity index (χ4v) is 2.51. The molecule has 0 saturated carbocycles. The Bertz CT molecular complexity index is 814. The Balaban J connectivity index is 2.12. The first-order valence-corrected chi connectivity index (χ1v) is 6.91. The number of anilines is 1. The van der Waals surface area contributed by atoms with Crippen molar-refractivity contribution in [2.24, 2.45) is 0 Å². The number of aromatic nitrogens is 2. The van der Waals surface area contributed by atoms with Crippen LogP contribution in [0.1, 0.15) is 0 Å². The first-order chi connectivity index (χ1) is 10.1. The summed E-state index contributed by atoms with van der Waals surface area (Å²) in [7, 11) is 0. The van der Waals surface area contributed by atoms with Crippen molar-refractivity contribution in [1.29, 1.82) is 0 Å². The molecule has 3 rings (SSSR count). The smallest absolute Gasteiger partial charge is 0.135 e. The maximum absolute atomic E-state index is 13.9. The van der Waals surface area contributed by atoms with Crippen molar-refractivity contribution >= 4 is 21.6 Å². The molecule has 0 unspecified atom stereocenters. The van der Waals surface area contributed by atoms with Gasteiger partial charge in [0.2, 0.25) is 0 Å². The van der Waals surface area contributed by atoms with Gasteiger partial charge in [0.05, 0.1) is 17.6 Å². The highest BCUT2D eigenvalue weighted by Crippen LogP contribution is 2.29. The molecule has 1 heterocycles. The van der Waals surface area contributed by atoms with Crippen LogP contribution in [-0.2, 0) is 0 Å². The molecule has 3 nitrogen and oxygen atoms in total. The summed E-state index contributed by atoms with van der Waals surface area (Å²) in [4.78, 5) is 0. The second-order valence-corrected chi connectivity index (χ2v) is 5.31. The van der Waals surface area contributed by atoms with Crippen LogP contribution in [0, 0.1) is 11.6 Å². The van der Waals surface area contributed by atoms with Crippen LogP contribution in [0.25, 0.3) is 16.9 Å². The molecule has 0 aliphatic rings. The monoisotopic (exact) mass is 349 g/mol. The van der Waals surface area contributed by atoms with E-state index in [4.69, 9.17) is 5.73 Å². The van der Waals surface area contributed by atoms with Crippen molar-refractivity contribution in [3.05, 3.63) is 64.8 Å². The number of halogens is 3. The summed E-state index contributed by atoms with van der Waals surface area (Å²) in [6, 6.07) is 10.8. The van der Waals surface area contributed by atoms with Gasteiger partial charge in [0.25, 0.3) is 0 Å². The van der Waals surface area contributed by atoms with E-state index in [1.807, 2.05) is 24.3 Å². The Hall–Kier alpha value is -2.21. The largest absolute Gasteiger partial charge is 0.396 e. The Morgan fingerprint density at radius 3 is 2.57 bits per heavy atom. The Morgan fingerprint density at radius 1 is 1.10 bits per heavy atom. The van der Waals surface area contributed by atoms with Crippen LogP contribution in [0.2, 0.25) is 0 Å². The van der Waals surface area contributed by atoms with Gasteiger partial charge in [0, 0.05) is 16.1 Å². The molecule has 0 aliphatic carbocycles. The predicted molar refractivity (Wildman–Crippen MR) is 81.0 cm³/mol. The normalized spacial score (nSPS) is 10.8. The van der Waals surface area contributed by atoms with Crippen molar-refractivity contribution in [2.75, 3.05) is 5.73 Å². The molecule has 106 valence electrons. The van der Waals surface area contributed by atoms with E-state index in [0.717, 1.165) is 16.2 Å². The highest BCUT2D eigenvalue weighted by molar-refractivity contribution is 9.10. The Kier molecular flexibility index (Phi) is 3.47. The van der Waals surface area contributed by atoms with E-state index in [1.54, 1.807) is 10.9 Å². The van der Waals surface area contributed by atoms with Crippen molar-refractivity contribution in [1.82, 2.24) is 9.78 Å². The van der Waals surface area contributed by atoms with Gasteiger partial charge in [-0.2, -0.15) is 5.10 Å². The van der Waals surface area contributed by atoms with Crippen LogP contribution in [0.15, 0.2) is 53.1 Å². The highest BCUT2D eigenvalue weighted by atomic mass is 79.9. The average molecular weight is 350 g/mol. The third kappa shape index (κ3) is 2.54. The number of nitrogens with two attached hydrogens (primary N) is 1. The second kappa shape index (κ2) is 5.29. The van der Waals surface area contributed by atoms with Gasteiger partial charge in [0.15, 0.2) is 0 Å². The maximum Gasteiger partial charge on any atom is 0.135 e. The molecule has 2 N–H and O–H groups in total. The van der Waals surface area contributed by atoms with Gasteiger partial charge in [0.1, 0.15) is 17.3 Å². The molecule has 0 spiro atoms. The summed E-state index contributed by atoms with van der Waals surface area (Å²) >= 11 is 3.42. The molecular weight excluding hydrogens is 340 g/mol. The first-order valence-electron chi connectivity index (χ1n) is 6.12. The number of nitrogen functional groups attached to an aromatic ring is 1. The van der Waals surface area contributed by atoms with Gasteiger partial charge in [-0.25, -0.2) is 13.5 Å². The molecule has 0 radical (unpaired) electrons. The SMILES string of the molecule is Nc1cn(-c2ccccc2Br)nc1-c1ccc(F)cc1F. The molecule has 0 amide bonds. The summed E-state index contributed by atoms with van der Waals surface area (Å²) in [5.41, 5.74) is 7.45. The number of nitrogens with zero attached hydrogens (tertiary/aromatic N) is 2. The van der Waals surface area contributed by atoms with Crippen LogP contribution < -0.4 is 5.73 Å². The third-order valence-electron chi connectivity index (χ3n) is 3.03. The molecule has 0 bridgehead atoms. The molecule has 1 aromatic heterocycles. The zero-order chi connectivity index (χ0) is 15.0. The minimum absolute atomic E-state index is 0.166. The van der Waals surface area contributed by atoms with Gasteiger partial charge in [-0.1, -0.05) is 12.1 Å². The molecule has 0 aliphatic heterocycles. The van der Waals surface area contributed by atoms with Crippen LogP contribution in [0.3, 0.4) is 0 Å². The lowest BCUT2D eigenvalue weighted by Crippen LogP contribution is -1.96. The van der Waals surface area contributed by atoms with E-state index in [-0.39, 0.29) is 11.3 Å². The van der Waals surface area contributed by atoms with Gasteiger partial charge in [-0.05, 0) is 40.2 Å². The van der Waals surface area contributed by atoms with E-state index >= 15 is 0 Å². The molecule has 21 heavy (non-hydrogen) atoms. The van der Waals surface area contributed by atoms with Crippen molar-refractivity contribution in [2.45, 2.75) is 0 Å². The van der Waals surface area contributed by atoms with Crippen LogP contribution in [-0.4, -0.2) is 9.78 Å². The quantitative estimate of drug-likeness (QED) is 0.754. The van der Waals surface area contributed by atoms with Crippen molar-refractivity contribution < 1.29 is 8.78 Å². The second-order valence-electron chi connectivity index (χ2n) is 4.45. The third-order valence-corrected chi connectivity index (χ3v) is 3.70. The molecule has 2 aromatic carbocycles. The number of hydrogen-bond acceptors (Lipinski definition) is 2. The maximum atomic E-state index is 13.9. The molecule has 0 atom stereocenters. The number of hydrogen-bond donors (Lipinski definition) is 1. The van der Waals surface area contributed by atoms with Crippen LogP contribution in [0.4, 0.5) is 14.5 Å². The first kappa shape index (κ1) is 13.8. The predicted octanol–water partition coefficient (Wildman–Crippen LogP) is 4.16. The standard InChI is InChI=1S/C15H10BrF2N3/c16-11-3-1-2-4-14(11)21-8-13(19)15(20-21)10-6-5-9(17)7-12(10)18/h1-8H,19H2. The van der Waals surface area contributed by atoms with Crippen LogP contribution >= 0.6 is 15.9 Å². The summed E-state index contributed by atoms with van der Waals surface area (Å²) < 4.78 is 29.2. The van der Waals surface area contributed by atoms with Crippen molar-refractivity contribution in [3.63, 3.8) is 0 Å². The van der Waals surface area contributed by atoms with E-state index in [1.165, 1.54) is 12.1 Å². The summed E-state index contributed by atoms with van der Waals surface area (Å²) in [5, 5.41) is 4.30. The lowest BCUT2D eigenvalue weighted by Gasteiger charge is -2.03. The lowest BCUT2D eigenvalue weighted by atomic mass is 10.1.